The number of unbranched alkanes of at least 4 members (excludes halogenated alkanes) is 1. The Bertz CT molecular complexity index is 238. The van der Waals surface area contributed by atoms with Crippen LogP contribution in [0.1, 0.15) is 52.4 Å². The highest BCUT2D eigenvalue weighted by Gasteiger charge is 2.41. The van der Waals surface area contributed by atoms with E-state index in [2.05, 4.69) is 19.2 Å². The van der Waals surface area contributed by atoms with Gasteiger partial charge in [0.25, 0.3) is 0 Å². The third-order valence-corrected chi connectivity index (χ3v) is 4.39. The summed E-state index contributed by atoms with van der Waals surface area (Å²) in [6, 6.07) is 0. The molecule has 2 atom stereocenters. The van der Waals surface area contributed by atoms with Crippen molar-refractivity contribution in [3.05, 3.63) is 0 Å². The summed E-state index contributed by atoms with van der Waals surface area (Å²) in [5.41, 5.74) is -0.0598. The van der Waals surface area contributed by atoms with E-state index in [-0.39, 0.29) is 12.1 Å². The first-order valence-corrected chi connectivity index (χ1v) is 8.30. The summed E-state index contributed by atoms with van der Waals surface area (Å²) in [6.45, 7) is 8.43. The number of ether oxygens (including phenoxy) is 2. The second kappa shape index (κ2) is 10.6. The number of likely N-dealkylation sites (N-methyl/N-ethyl adjacent to an activating group) is 1. The SMILES string of the molecule is CCCCOCCOCCC1CCCC1(CO)NCC. The van der Waals surface area contributed by atoms with Crippen molar-refractivity contribution in [3.8, 4) is 0 Å². The normalized spacial score (nSPS) is 26.2. The fraction of sp³-hybridized carbons (Fsp3) is 1.00. The van der Waals surface area contributed by atoms with E-state index < -0.39 is 0 Å². The van der Waals surface area contributed by atoms with E-state index in [4.69, 9.17) is 9.47 Å². The molecule has 2 unspecified atom stereocenters. The third kappa shape index (κ3) is 5.68. The number of nitrogens with one attached hydrogen (secondary N) is 1. The summed E-state index contributed by atoms with van der Waals surface area (Å²) < 4.78 is 11.1. The first kappa shape index (κ1) is 17.9. The summed E-state index contributed by atoms with van der Waals surface area (Å²) in [5, 5.41) is 13.2. The van der Waals surface area contributed by atoms with Gasteiger partial charge in [-0.15, -0.1) is 0 Å². The fourth-order valence-electron chi connectivity index (χ4n) is 3.21. The lowest BCUT2D eigenvalue weighted by Gasteiger charge is -2.34. The maximum Gasteiger partial charge on any atom is 0.0700 e. The predicted molar refractivity (Wildman–Crippen MR) is 82.0 cm³/mol. The molecule has 0 aromatic carbocycles. The van der Waals surface area contributed by atoms with Crippen LogP contribution in [0, 0.1) is 5.92 Å². The molecule has 0 heterocycles. The van der Waals surface area contributed by atoms with Crippen LogP contribution in [0.15, 0.2) is 0 Å². The van der Waals surface area contributed by atoms with Crippen LogP contribution in [0.5, 0.6) is 0 Å². The van der Waals surface area contributed by atoms with Gasteiger partial charge in [0.05, 0.1) is 19.8 Å². The predicted octanol–water partition coefficient (Wildman–Crippen LogP) is 2.35. The van der Waals surface area contributed by atoms with Crippen LogP contribution in [0.4, 0.5) is 0 Å². The summed E-state index contributed by atoms with van der Waals surface area (Å²) in [6.07, 6.45) is 6.83. The molecule has 0 radical (unpaired) electrons. The molecule has 0 aromatic rings. The van der Waals surface area contributed by atoms with Gasteiger partial charge in [0.2, 0.25) is 0 Å². The van der Waals surface area contributed by atoms with Gasteiger partial charge < -0.3 is 19.9 Å². The van der Waals surface area contributed by atoms with Gasteiger partial charge in [-0.25, -0.2) is 0 Å². The number of aliphatic hydroxyl groups is 1. The molecule has 0 aromatic heterocycles. The van der Waals surface area contributed by atoms with E-state index in [1.807, 2.05) is 0 Å². The van der Waals surface area contributed by atoms with Crippen molar-refractivity contribution >= 4 is 0 Å². The Balaban J connectivity index is 2.11. The standard InChI is InChI=1S/C16H33NO3/c1-3-5-10-19-12-13-20-11-8-15-7-6-9-16(15,14-18)17-4-2/h15,17-18H,3-14H2,1-2H3. The highest BCUT2D eigenvalue weighted by Crippen LogP contribution is 2.37. The first-order chi connectivity index (χ1) is 9.79. The first-order valence-electron chi connectivity index (χ1n) is 8.30. The zero-order chi connectivity index (χ0) is 14.7. The molecule has 4 nitrogen and oxygen atoms in total. The molecule has 0 spiro atoms. The van der Waals surface area contributed by atoms with Crippen LogP contribution in [0.25, 0.3) is 0 Å². The van der Waals surface area contributed by atoms with Crippen LogP contribution < -0.4 is 5.32 Å². The van der Waals surface area contributed by atoms with Crippen LogP contribution >= 0.6 is 0 Å². The average molecular weight is 287 g/mol. The summed E-state index contributed by atoms with van der Waals surface area (Å²) in [7, 11) is 0. The van der Waals surface area contributed by atoms with Gasteiger partial charge in [0.15, 0.2) is 0 Å². The van der Waals surface area contributed by atoms with Crippen LogP contribution in [0.2, 0.25) is 0 Å². The minimum Gasteiger partial charge on any atom is -0.394 e. The van der Waals surface area contributed by atoms with E-state index in [1.54, 1.807) is 0 Å². The molecule has 0 bridgehead atoms. The molecule has 4 heteroatoms. The van der Waals surface area contributed by atoms with Crippen molar-refractivity contribution in [3.63, 3.8) is 0 Å². The highest BCUT2D eigenvalue weighted by atomic mass is 16.5. The van der Waals surface area contributed by atoms with Gasteiger partial charge in [-0.1, -0.05) is 26.7 Å². The Labute approximate surface area is 124 Å². The third-order valence-electron chi connectivity index (χ3n) is 4.39. The number of aliphatic hydroxyl groups excluding tert-OH is 1. The Hall–Kier alpha value is -0.160. The maximum atomic E-state index is 9.72. The fourth-order valence-corrected chi connectivity index (χ4v) is 3.21. The van der Waals surface area contributed by atoms with Gasteiger partial charge in [-0.2, -0.15) is 0 Å². The molecule has 120 valence electrons. The van der Waals surface area contributed by atoms with E-state index >= 15 is 0 Å². The van der Waals surface area contributed by atoms with Crippen molar-refractivity contribution in [1.29, 1.82) is 0 Å². The van der Waals surface area contributed by atoms with Crippen LogP contribution in [-0.2, 0) is 9.47 Å². The summed E-state index contributed by atoms with van der Waals surface area (Å²) in [5.74, 6) is 0.536. The van der Waals surface area contributed by atoms with E-state index in [1.165, 1.54) is 19.3 Å². The van der Waals surface area contributed by atoms with Gasteiger partial charge in [-0.3, -0.25) is 0 Å². The second-order valence-electron chi connectivity index (χ2n) is 5.80. The van der Waals surface area contributed by atoms with E-state index in [9.17, 15) is 5.11 Å². The molecule has 1 rings (SSSR count). The monoisotopic (exact) mass is 287 g/mol. The quantitative estimate of drug-likeness (QED) is 0.541. The molecular weight excluding hydrogens is 254 g/mol. The lowest BCUT2D eigenvalue weighted by atomic mass is 9.85. The molecule has 1 aliphatic rings. The number of hydrogen-bond donors (Lipinski definition) is 2. The zero-order valence-electron chi connectivity index (χ0n) is 13.3. The molecule has 20 heavy (non-hydrogen) atoms. The maximum absolute atomic E-state index is 9.72. The minimum atomic E-state index is -0.0598. The topological polar surface area (TPSA) is 50.7 Å². The highest BCUT2D eigenvalue weighted by molar-refractivity contribution is 4.98. The number of hydrogen-bond acceptors (Lipinski definition) is 4. The summed E-state index contributed by atoms with van der Waals surface area (Å²) >= 11 is 0. The molecule has 1 aliphatic carbocycles. The lowest BCUT2D eigenvalue weighted by molar-refractivity contribution is 0.0335. The molecule has 2 N–H and O–H groups in total. The van der Waals surface area contributed by atoms with Gasteiger partial charge in [-0.05, 0) is 38.1 Å². The van der Waals surface area contributed by atoms with Gasteiger partial charge >= 0.3 is 0 Å². The lowest BCUT2D eigenvalue weighted by Crippen LogP contribution is -2.51. The molecule has 0 amide bonds. The molecular formula is C16H33NO3. The van der Waals surface area contributed by atoms with Crippen molar-refractivity contribution in [2.75, 3.05) is 39.6 Å². The van der Waals surface area contributed by atoms with Gasteiger partial charge in [0, 0.05) is 18.8 Å². The van der Waals surface area contributed by atoms with E-state index in [0.717, 1.165) is 39.0 Å². The van der Waals surface area contributed by atoms with Crippen molar-refractivity contribution in [2.24, 2.45) is 5.92 Å². The molecule has 1 fully saturated rings. The zero-order valence-corrected chi connectivity index (χ0v) is 13.3. The number of rotatable bonds is 12. The molecule has 1 saturated carbocycles. The average Bonchev–Trinajstić information content (AvgIpc) is 2.86. The van der Waals surface area contributed by atoms with Crippen LogP contribution in [0.3, 0.4) is 0 Å². The Kier molecular flexibility index (Phi) is 9.44. The molecule has 0 saturated heterocycles. The second-order valence-corrected chi connectivity index (χ2v) is 5.80. The van der Waals surface area contributed by atoms with Crippen molar-refractivity contribution < 1.29 is 14.6 Å². The van der Waals surface area contributed by atoms with Crippen molar-refractivity contribution in [1.82, 2.24) is 5.32 Å². The summed E-state index contributed by atoms with van der Waals surface area (Å²) in [4.78, 5) is 0. The van der Waals surface area contributed by atoms with Crippen molar-refractivity contribution in [2.45, 2.75) is 57.9 Å². The van der Waals surface area contributed by atoms with Gasteiger partial charge in [0.1, 0.15) is 0 Å². The Morgan fingerprint density at radius 2 is 1.90 bits per heavy atom. The smallest absolute Gasteiger partial charge is 0.0700 e. The Morgan fingerprint density at radius 1 is 1.15 bits per heavy atom. The Morgan fingerprint density at radius 3 is 2.55 bits per heavy atom. The largest absolute Gasteiger partial charge is 0.394 e. The molecule has 0 aliphatic heterocycles. The minimum absolute atomic E-state index is 0.0598. The van der Waals surface area contributed by atoms with Crippen LogP contribution in [-0.4, -0.2) is 50.2 Å². The van der Waals surface area contributed by atoms with E-state index in [0.29, 0.717) is 19.1 Å².